The second-order valence-electron chi connectivity index (χ2n) is 12.5. The van der Waals surface area contributed by atoms with Crippen LogP contribution in [-0.2, 0) is 14.3 Å². The first-order valence-corrected chi connectivity index (χ1v) is 16.7. The van der Waals surface area contributed by atoms with E-state index in [0.29, 0.717) is 58.2 Å². The average Bonchev–Trinajstić information content (AvgIpc) is 4.02. The number of ketones is 1. The van der Waals surface area contributed by atoms with E-state index in [9.17, 15) is 19.2 Å². The van der Waals surface area contributed by atoms with Crippen molar-refractivity contribution < 1.29 is 28.3 Å². The summed E-state index contributed by atoms with van der Waals surface area (Å²) >= 11 is 0. The van der Waals surface area contributed by atoms with Crippen LogP contribution in [-0.4, -0.2) is 144 Å². The molecule has 17 nitrogen and oxygen atoms in total. The van der Waals surface area contributed by atoms with Crippen molar-refractivity contribution in [3.05, 3.63) is 65.9 Å². The van der Waals surface area contributed by atoms with E-state index in [-0.39, 0.29) is 58.5 Å². The van der Waals surface area contributed by atoms with E-state index in [4.69, 9.17) is 4.74 Å². The first-order chi connectivity index (χ1) is 24.9. The summed E-state index contributed by atoms with van der Waals surface area (Å²) in [5.74, 6) is -2.24. The Morgan fingerprint density at radius 1 is 0.922 bits per heavy atom. The number of ether oxygens (including phenoxy) is 1. The fraction of sp³-hybridized carbons (Fsp3) is 0.364. The highest BCUT2D eigenvalue weighted by Gasteiger charge is 2.34. The van der Waals surface area contributed by atoms with E-state index in [0.717, 1.165) is 18.3 Å². The number of carbonyl (C=O) groups excluding carboxylic acids is 4. The van der Waals surface area contributed by atoms with Gasteiger partial charge in [-0.05, 0) is 41.5 Å². The maximum absolute atomic E-state index is 15.3. The number of para-hydroxylation sites is 1. The van der Waals surface area contributed by atoms with E-state index < -0.39 is 23.6 Å². The quantitative estimate of drug-likeness (QED) is 0.183. The fourth-order valence-electron chi connectivity index (χ4n) is 6.79. The minimum absolute atomic E-state index is 0.0402. The Bertz CT molecular complexity index is 2110. The third kappa shape index (κ3) is 5.96. The monoisotopic (exact) mass is 696 g/mol. The SMILES string of the molecule is O=C(C(=O)N1CCN(c2nnnn2-c2ccccc2)CC1)c1c[nH]c2c(-c3cc(C(=O)N4CCN(C(=O)C5CCCO5)CC4)[nH]n3)ncc(F)c12. The number of nitrogens with zero attached hydrogens (tertiary/aromatic N) is 10. The van der Waals surface area contributed by atoms with Crippen LogP contribution in [0.15, 0.2) is 48.8 Å². The summed E-state index contributed by atoms with van der Waals surface area (Å²) in [6.07, 6.45) is 3.43. The van der Waals surface area contributed by atoms with Gasteiger partial charge < -0.3 is 29.3 Å². The number of anilines is 1. The number of aromatic nitrogens is 8. The number of piperazine rings is 2. The van der Waals surface area contributed by atoms with Crippen LogP contribution in [0.1, 0.15) is 33.7 Å². The minimum atomic E-state index is -0.866. The molecule has 0 bridgehead atoms. The number of aromatic amines is 2. The van der Waals surface area contributed by atoms with E-state index >= 15 is 4.39 Å². The zero-order chi connectivity index (χ0) is 35.1. The van der Waals surface area contributed by atoms with Crippen molar-refractivity contribution >= 4 is 40.4 Å². The van der Waals surface area contributed by atoms with Gasteiger partial charge in [0, 0.05) is 65.2 Å². The summed E-state index contributed by atoms with van der Waals surface area (Å²) in [5.41, 5.74) is 1.46. The summed E-state index contributed by atoms with van der Waals surface area (Å²) in [4.78, 5) is 66.8. The largest absolute Gasteiger partial charge is 0.368 e. The molecule has 0 aliphatic carbocycles. The molecule has 18 heteroatoms. The van der Waals surface area contributed by atoms with Crippen molar-refractivity contribution in [1.29, 1.82) is 0 Å². The number of tetrazole rings is 1. The van der Waals surface area contributed by atoms with Crippen LogP contribution in [0.25, 0.3) is 28.0 Å². The smallest absolute Gasteiger partial charge is 0.295 e. The van der Waals surface area contributed by atoms with Crippen LogP contribution < -0.4 is 4.90 Å². The molecule has 4 aromatic heterocycles. The van der Waals surface area contributed by atoms with Gasteiger partial charge >= 0.3 is 0 Å². The number of fused-ring (bicyclic) bond motifs is 1. The Kier molecular flexibility index (Phi) is 8.42. The maximum atomic E-state index is 15.3. The second-order valence-corrected chi connectivity index (χ2v) is 12.5. The second kappa shape index (κ2) is 13.3. The number of Topliss-reactive ketones (excluding diaryl/α,β-unsaturated/α-hetero) is 1. The Morgan fingerprint density at radius 3 is 2.41 bits per heavy atom. The molecule has 7 heterocycles. The summed E-state index contributed by atoms with van der Waals surface area (Å²) in [5, 5.41) is 19.0. The van der Waals surface area contributed by atoms with Crippen molar-refractivity contribution in [1.82, 2.24) is 55.1 Å². The zero-order valence-electron chi connectivity index (χ0n) is 27.4. The third-order valence-corrected chi connectivity index (χ3v) is 9.54. The van der Waals surface area contributed by atoms with Crippen molar-refractivity contribution in [2.45, 2.75) is 18.9 Å². The lowest BCUT2D eigenvalue weighted by Crippen LogP contribution is -2.52. The summed E-state index contributed by atoms with van der Waals surface area (Å²) in [6.45, 7) is 3.30. The highest BCUT2D eigenvalue weighted by molar-refractivity contribution is 6.45. The number of pyridine rings is 1. The van der Waals surface area contributed by atoms with Gasteiger partial charge in [-0.3, -0.25) is 24.3 Å². The molecular formula is C33H33FN12O5. The molecule has 5 aromatic rings. The highest BCUT2D eigenvalue weighted by Crippen LogP contribution is 2.30. The lowest BCUT2D eigenvalue weighted by atomic mass is 10.1. The van der Waals surface area contributed by atoms with Gasteiger partial charge in [0.25, 0.3) is 23.5 Å². The van der Waals surface area contributed by atoms with E-state index in [1.165, 1.54) is 17.2 Å². The molecule has 0 radical (unpaired) electrons. The number of carbonyl (C=O) groups is 4. The molecule has 51 heavy (non-hydrogen) atoms. The number of benzene rings is 1. The average molecular weight is 697 g/mol. The lowest BCUT2D eigenvalue weighted by Gasteiger charge is -2.35. The molecule has 0 saturated carbocycles. The normalized spacial score (nSPS) is 18.1. The van der Waals surface area contributed by atoms with Gasteiger partial charge in [-0.15, -0.1) is 0 Å². The van der Waals surface area contributed by atoms with Crippen LogP contribution in [0, 0.1) is 5.82 Å². The number of hydrogen-bond acceptors (Lipinski definition) is 11. The molecule has 3 amide bonds. The first kappa shape index (κ1) is 32.2. The molecule has 2 N–H and O–H groups in total. The Morgan fingerprint density at radius 2 is 1.67 bits per heavy atom. The fourth-order valence-corrected chi connectivity index (χ4v) is 6.79. The number of amides is 3. The number of halogens is 1. The van der Waals surface area contributed by atoms with Crippen LogP contribution in [0.4, 0.5) is 10.3 Å². The summed E-state index contributed by atoms with van der Waals surface area (Å²) in [7, 11) is 0. The van der Waals surface area contributed by atoms with Gasteiger partial charge in [0.2, 0.25) is 5.95 Å². The van der Waals surface area contributed by atoms with Gasteiger partial charge in [0.15, 0.2) is 5.82 Å². The van der Waals surface area contributed by atoms with Gasteiger partial charge in [-0.1, -0.05) is 23.3 Å². The van der Waals surface area contributed by atoms with Crippen LogP contribution in [0.5, 0.6) is 0 Å². The third-order valence-electron chi connectivity index (χ3n) is 9.54. The molecule has 3 aliphatic rings. The van der Waals surface area contributed by atoms with Gasteiger partial charge in [0.1, 0.15) is 23.2 Å². The molecule has 0 spiro atoms. The predicted molar refractivity (Wildman–Crippen MR) is 177 cm³/mol. The summed E-state index contributed by atoms with van der Waals surface area (Å²) in [6, 6.07) is 10.9. The Balaban J connectivity index is 0.937. The number of hydrogen-bond donors (Lipinski definition) is 2. The predicted octanol–water partition coefficient (Wildman–Crippen LogP) is 1.06. The number of H-pyrrole nitrogens is 2. The lowest BCUT2D eigenvalue weighted by molar-refractivity contribution is -0.142. The van der Waals surface area contributed by atoms with Crippen molar-refractivity contribution in [3.63, 3.8) is 0 Å². The molecule has 1 atom stereocenters. The molecule has 1 aromatic carbocycles. The van der Waals surface area contributed by atoms with Crippen molar-refractivity contribution in [2.75, 3.05) is 63.9 Å². The number of nitrogens with one attached hydrogen (secondary N) is 2. The molecular weight excluding hydrogens is 663 g/mol. The summed E-state index contributed by atoms with van der Waals surface area (Å²) < 4.78 is 22.4. The highest BCUT2D eigenvalue weighted by atomic mass is 19.1. The van der Waals surface area contributed by atoms with Crippen LogP contribution in [0.3, 0.4) is 0 Å². The topological polar surface area (TPSA) is 191 Å². The molecule has 3 saturated heterocycles. The number of rotatable bonds is 7. The van der Waals surface area contributed by atoms with E-state index in [1.54, 1.807) is 14.5 Å². The maximum Gasteiger partial charge on any atom is 0.295 e. The van der Waals surface area contributed by atoms with Crippen LogP contribution >= 0.6 is 0 Å². The van der Waals surface area contributed by atoms with E-state index in [1.807, 2.05) is 35.2 Å². The Labute approximate surface area is 289 Å². The van der Waals surface area contributed by atoms with Gasteiger partial charge in [-0.25, -0.2) is 9.37 Å². The molecule has 262 valence electrons. The van der Waals surface area contributed by atoms with Crippen LogP contribution in [0.2, 0.25) is 0 Å². The van der Waals surface area contributed by atoms with Crippen molar-refractivity contribution in [3.8, 4) is 17.1 Å². The molecule has 3 aliphatic heterocycles. The first-order valence-electron chi connectivity index (χ1n) is 16.7. The van der Waals surface area contributed by atoms with E-state index in [2.05, 4.69) is 35.7 Å². The minimum Gasteiger partial charge on any atom is -0.368 e. The zero-order valence-corrected chi connectivity index (χ0v) is 27.4. The van der Waals surface area contributed by atoms with Gasteiger partial charge in [0.05, 0.1) is 28.4 Å². The molecule has 8 rings (SSSR count). The van der Waals surface area contributed by atoms with Gasteiger partial charge in [-0.2, -0.15) is 9.78 Å². The molecule has 1 unspecified atom stereocenters. The molecule has 3 fully saturated rings. The Hall–Kier alpha value is -6.04. The standard InChI is InChI=1S/C33H33FN12O5/c34-22-19-36-27(23-17-24(38-37-23)30(48)42-8-10-43(11-9-42)31(49)25-7-4-16-51-25)28-26(22)21(18-35-28)29(47)32(50)44-12-14-45(15-13-44)33-39-40-41-46(33)20-5-2-1-3-6-20/h1-3,5-6,17-19,25,35H,4,7-16H2,(H,37,38). The van der Waals surface area contributed by atoms with Crippen molar-refractivity contribution in [2.24, 2.45) is 0 Å².